The second-order valence-electron chi connectivity index (χ2n) is 5.52. The van der Waals surface area contributed by atoms with Gasteiger partial charge in [0.25, 0.3) is 5.91 Å². The summed E-state index contributed by atoms with van der Waals surface area (Å²) in [5.74, 6) is 0.455. The average Bonchev–Trinajstić information content (AvgIpc) is 2.44. The molecule has 3 N–H and O–H groups in total. The minimum Gasteiger partial charge on any atom is -0.482 e. The van der Waals surface area contributed by atoms with Crippen molar-refractivity contribution in [3.63, 3.8) is 0 Å². The number of aromatic nitrogens is 1. The smallest absolute Gasteiger partial charge is 0.262 e. The van der Waals surface area contributed by atoms with Gasteiger partial charge in [-0.3, -0.25) is 4.79 Å². The van der Waals surface area contributed by atoms with E-state index < -0.39 is 5.60 Å². The van der Waals surface area contributed by atoms with Gasteiger partial charge >= 0.3 is 0 Å². The van der Waals surface area contributed by atoms with Crippen molar-refractivity contribution in [2.75, 3.05) is 24.8 Å². The summed E-state index contributed by atoms with van der Waals surface area (Å²) >= 11 is 0. The van der Waals surface area contributed by atoms with E-state index in [1.165, 1.54) is 0 Å². The van der Waals surface area contributed by atoms with Crippen molar-refractivity contribution in [2.45, 2.75) is 19.4 Å². The van der Waals surface area contributed by atoms with E-state index in [9.17, 15) is 4.79 Å². The lowest BCUT2D eigenvalue weighted by Crippen LogP contribution is -2.25. The molecular formula is C15H17N3O3. The molecule has 0 fully saturated rings. The molecule has 2 aromatic rings. The van der Waals surface area contributed by atoms with Gasteiger partial charge in [0.2, 0.25) is 0 Å². The highest BCUT2D eigenvalue weighted by molar-refractivity contribution is 5.99. The van der Waals surface area contributed by atoms with Crippen LogP contribution in [0.3, 0.4) is 0 Å². The number of anilines is 2. The molecule has 1 aliphatic rings. The van der Waals surface area contributed by atoms with Crippen molar-refractivity contribution in [3.05, 3.63) is 23.9 Å². The maximum atomic E-state index is 11.4. The first kappa shape index (κ1) is 13.6. The zero-order chi connectivity index (χ0) is 15.2. The van der Waals surface area contributed by atoms with Crippen molar-refractivity contribution in [1.29, 1.82) is 0 Å². The minimum atomic E-state index is -0.589. The van der Waals surface area contributed by atoms with Crippen LogP contribution in [0.1, 0.15) is 19.5 Å². The molecule has 21 heavy (non-hydrogen) atoms. The van der Waals surface area contributed by atoms with Crippen LogP contribution in [0.2, 0.25) is 0 Å². The number of pyridine rings is 1. The minimum absolute atomic E-state index is 0.0240. The molecule has 0 bridgehead atoms. The molecular weight excluding hydrogens is 270 g/mol. The van der Waals surface area contributed by atoms with Gasteiger partial charge in [-0.15, -0.1) is 0 Å². The van der Waals surface area contributed by atoms with Crippen molar-refractivity contribution in [1.82, 2.24) is 4.98 Å². The van der Waals surface area contributed by atoms with Crippen molar-refractivity contribution < 1.29 is 14.3 Å². The highest BCUT2D eigenvalue weighted by Crippen LogP contribution is 2.35. The molecule has 2 heterocycles. The number of fused-ring (bicyclic) bond motifs is 2. The number of nitrogens with two attached hydrogens (primary N) is 1. The molecule has 0 unspecified atom stereocenters. The van der Waals surface area contributed by atoms with Crippen LogP contribution in [0.25, 0.3) is 10.9 Å². The van der Waals surface area contributed by atoms with Gasteiger partial charge in [0, 0.05) is 12.5 Å². The van der Waals surface area contributed by atoms with Crippen LogP contribution in [0.15, 0.2) is 18.2 Å². The number of rotatable bonds is 2. The molecule has 1 aromatic carbocycles. The third kappa shape index (κ3) is 2.27. The number of methoxy groups -OCH3 is 1. The lowest BCUT2D eigenvalue weighted by molar-refractivity contribution is -0.118. The van der Waals surface area contributed by atoms with E-state index in [1.54, 1.807) is 13.2 Å². The largest absolute Gasteiger partial charge is 0.482 e. The van der Waals surface area contributed by atoms with Crippen LogP contribution in [0.4, 0.5) is 11.4 Å². The molecule has 1 aromatic heterocycles. The average molecular weight is 287 g/mol. The van der Waals surface area contributed by atoms with Crippen molar-refractivity contribution in [3.8, 4) is 5.75 Å². The Bertz CT molecular complexity index is 741. The van der Waals surface area contributed by atoms with Crippen LogP contribution in [0.5, 0.6) is 5.75 Å². The Morgan fingerprint density at radius 1 is 1.38 bits per heavy atom. The molecule has 0 aliphatic carbocycles. The van der Waals surface area contributed by atoms with Gasteiger partial charge in [0.1, 0.15) is 11.4 Å². The maximum Gasteiger partial charge on any atom is 0.262 e. The first-order valence-electron chi connectivity index (χ1n) is 6.63. The molecule has 6 nitrogen and oxygen atoms in total. The summed E-state index contributed by atoms with van der Waals surface area (Å²) < 4.78 is 10.8. The first-order chi connectivity index (χ1) is 9.90. The molecule has 0 saturated carbocycles. The van der Waals surface area contributed by atoms with Gasteiger partial charge < -0.3 is 20.5 Å². The molecule has 1 amide bonds. The number of carbonyl (C=O) groups is 1. The lowest BCUT2D eigenvalue weighted by atomic mass is 10.0. The van der Waals surface area contributed by atoms with E-state index in [1.807, 2.05) is 26.0 Å². The Labute approximate surface area is 122 Å². The monoisotopic (exact) mass is 287 g/mol. The van der Waals surface area contributed by atoms with E-state index in [-0.39, 0.29) is 12.5 Å². The van der Waals surface area contributed by atoms with Gasteiger partial charge in [-0.25, -0.2) is 4.98 Å². The van der Waals surface area contributed by atoms with Crippen LogP contribution in [-0.2, 0) is 15.1 Å². The second-order valence-corrected chi connectivity index (χ2v) is 5.52. The number of hydrogen-bond donors (Lipinski definition) is 2. The van der Waals surface area contributed by atoms with Gasteiger partial charge in [-0.2, -0.15) is 0 Å². The quantitative estimate of drug-likeness (QED) is 0.882. The topological polar surface area (TPSA) is 86.5 Å². The summed E-state index contributed by atoms with van der Waals surface area (Å²) in [4.78, 5) is 16.0. The zero-order valence-electron chi connectivity index (χ0n) is 12.2. The lowest BCUT2D eigenvalue weighted by Gasteiger charge is -2.25. The molecule has 3 rings (SSSR count). The summed E-state index contributed by atoms with van der Waals surface area (Å²) in [5, 5.41) is 3.63. The number of nitrogen functional groups attached to an aromatic ring is 1. The van der Waals surface area contributed by atoms with E-state index >= 15 is 0 Å². The van der Waals surface area contributed by atoms with E-state index in [4.69, 9.17) is 15.2 Å². The highest BCUT2D eigenvalue weighted by atomic mass is 16.5. The third-order valence-electron chi connectivity index (χ3n) is 3.66. The van der Waals surface area contributed by atoms with E-state index in [2.05, 4.69) is 10.3 Å². The Morgan fingerprint density at radius 3 is 2.86 bits per heavy atom. The fourth-order valence-corrected chi connectivity index (χ4v) is 2.34. The third-order valence-corrected chi connectivity index (χ3v) is 3.66. The SMILES string of the molecule is COC(C)(C)c1nc2cc3c(cc2cc1N)OCC(=O)N3. The van der Waals surface area contributed by atoms with E-state index in [0.29, 0.717) is 22.8 Å². The fraction of sp³-hybridized carbons (Fsp3) is 0.333. The molecule has 110 valence electrons. The molecule has 1 aliphatic heterocycles. The fourth-order valence-electron chi connectivity index (χ4n) is 2.34. The van der Waals surface area contributed by atoms with Crippen molar-refractivity contribution >= 4 is 28.2 Å². The molecule has 0 atom stereocenters. The number of nitrogens with one attached hydrogen (secondary N) is 1. The van der Waals surface area contributed by atoms with Crippen LogP contribution >= 0.6 is 0 Å². The number of benzene rings is 1. The molecule has 6 heteroatoms. The van der Waals surface area contributed by atoms with Gasteiger partial charge in [0.15, 0.2) is 6.61 Å². The van der Waals surface area contributed by atoms with Crippen LogP contribution in [0, 0.1) is 0 Å². The number of amides is 1. The first-order valence-corrected chi connectivity index (χ1v) is 6.63. The Hall–Kier alpha value is -2.34. The number of nitrogens with zero attached hydrogens (tertiary/aromatic N) is 1. The highest BCUT2D eigenvalue weighted by Gasteiger charge is 2.25. The Balaban J connectivity index is 2.19. The standard InChI is InChI=1S/C15H17N3O3/c1-15(2,20-3)14-9(16)4-8-5-12-11(6-10(8)18-14)17-13(19)7-21-12/h4-6H,7,16H2,1-3H3,(H,17,19). The van der Waals surface area contributed by atoms with Gasteiger partial charge in [0.05, 0.1) is 22.6 Å². The number of ether oxygens (including phenoxy) is 2. The predicted octanol–water partition coefficient (Wildman–Crippen LogP) is 2.03. The molecule has 0 spiro atoms. The summed E-state index contributed by atoms with van der Waals surface area (Å²) in [5.41, 5.74) is 8.09. The van der Waals surface area contributed by atoms with Crippen LogP contribution < -0.4 is 15.8 Å². The molecule has 0 radical (unpaired) electrons. The Kier molecular flexibility index (Phi) is 2.98. The second kappa shape index (κ2) is 4.60. The normalized spacial score (nSPS) is 14.5. The summed E-state index contributed by atoms with van der Waals surface area (Å²) in [7, 11) is 1.62. The zero-order valence-corrected chi connectivity index (χ0v) is 12.2. The predicted molar refractivity (Wildman–Crippen MR) is 80.3 cm³/mol. The van der Waals surface area contributed by atoms with E-state index in [0.717, 1.165) is 10.9 Å². The number of hydrogen-bond acceptors (Lipinski definition) is 5. The van der Waals surface area contributed by atoms with Crippen molar-refractivity contribution in [2.24, 2.45) is 0 Å². The summed E-state index contributed by atoms with van der Waals surface area (Å²) in [6.07, 6.45) is 0. The summed E-state index contributed by atoms with van der Waals surface area (Å²) in [6.45, 7) is 3.83. The molecule has 0 saturated heterocycles. The number of carbonyl (C=O) groups excluding carboxylic acids is 1. The van der Waals surface area contributed by atoms with Crippen LogP contribution in [-0.4, -0.2) is 24.6 Å². The van der Waals surface area contributed by atoms with Gasteiger partial charge in [-0.1, -0.05) is 0 Å². The maximum absolute atomic E-state index is 11.4. The summed E-state index contributed by atoms with van der Waals surface area (Å²) in [6, 6.07) is 5.46. The van der Waals surface area contributed by atoms with Gasteiger partial charge in [-0.05, 0) is 32.0 Å². The Morgan fingerprint density at radius 2 is 2.14 bits per heavy atom.